The Morgan fingerprint density at radius 1 is 1.50 bits per heavy atom. The first-order valence-electron chi connectivity index (χ1n) is 4.45. The second-order valence-corrected chi connectivity index (χ2v) is 3.41. The van der Waals surface area contributed by atoms with Crippen LogP contribution in [-0.4, -0.2) is 15.7 Å². The summed E-state index contributed by atoms with van der Waals surface area (Å²) in [6.45, 7) is 3.79. The minimum absolute atomic E-state index is 0.164. The van der Waals surface area contributed by atoms with Crippen LogP contribution in [0, 0.1) is 6.92 Å². The minimum atomic E-state index is -0.164. The maximum absolute atomic E-state index is 5.71. The van der Waals surface area contributed by atoms with E-state index in [0.29, 0.717) is 11.5 Å². The van der Waals surface area contributed by atoms with Gasteiger partial charge in [0, 0.05) is 6.42 Å². The van der Waals surface area contributed by atoms with Gasteiger partial charge in [0.15, 0.2) is 6.10 Å². The van der Waals surface area contributed by atoms with Crippen LogP contribution in [0.25, 0.3) is 0 Å². The molecule has 2 rings (SSSR count). The predicted octanol–water partition coefficient (Wildman–Crippen LogP) is 1.20. The normalized spacial score (nSPS) is 20.4. The number of aryl methyl sites for hydroxylation is 1. The molecule has 0 amide bonds. The van der Waals surface area contributed by atoms with Gasteiger partial charge in [-0.15, -0.1) is 0 Å². The molecule has 5 nitrogen and oxygen atoms in total. The smallest absolute Gasteiger partial charge is 0.178 e. The van der Waals surface area contributed by atoms with E-state index in [9.17, 15) is 0 Å². The molecule has 0 saturated heterocycles. The highest BCUT2D eigenvalue weighted by Crippen LogP contribution is 2.28. The van der Waals surface area contributed by atoms with Gasteiger partial charge in [-0.25, -0.2) is 9.97 Å². The van der Waals surface area contributed by atoms with Crippen LogP contribution < -0.4 is 5.73 Å². The van der Waals surface area contributed by atoms with Crippen LogP contribution in [0.15, 0.2) is 11.4 Å². The van der Waals surface area contributed by atoms with Crippen LogP contribution in [0.1, 0.15) is 30.8 Å². The highest BCUT2D eigenvalue weighted by molar-refractivity contribution is 5.83. The number of aromatic nitrogens is 2. The van der Waals surface area contributed by atoms with Gasteiger partial charge in [0.1, 0.15) is 11.5 Å². The van der Waals surface area contributed by atoms with Crippen molar-refractivity contribution >= 4 is 11.5 Å². The Labute approximate surface area is 82.0 Å². The summed E-state index contributed by atoms with van der Waals surface area (Å²) >= 11 is 0. The average Bonchev–Trinajstić information content (AvgIpc) is 2.56. The Bertz CT molecular complexity index is 388. The van der Waals surface area contributed by atoms with E-state index in [1.54, 1.807) is 6.20 Å². The van der Waals surface area contributed by atoms with Gasteiger partial charge < -0.3 is 10.6 Å². The van der Waals surface area contributed by atoms with Crippen LogP contribution in [0.4, 0.5) is 5.82 Å². The molecule has 0 aromatic carbocycles. The summed E-state index contributed by atoms with van der Waals surface area (Å²) in [6, 6.07) is 0. The number of nitrogens with two attached hydrogens (primary N) is 1. The predicted molar refractivity (Wildman–Crippen MR) is 52.7 cm³/mol. The molecule has 1 aliphatic rings. The molecule has 0 saturated carbocycles. The number of nitrogens with zero attached hydrogens (tertiary/aromatic N) is 3. The van der Waals surface area contributed by atoms with E-state index >= 15 is 0 Å². The van der Waals surface area contributed by atoms with E-state index in [0.717, 1.165) is 17.8 Å². The van der Waals surface area contributed by atoms with Gasteiger partial charge in [-0.05, 0) is 13.8 Å². The number of anilines is 1. The third kappa shape index (κ3) is 1.53. The molecule has 1 aliphatic heterocycles. The monoisotopic (exact) mass is 192 g/mol. The summed E-state index contributed by atoms with van der Waals surface area (Å²) in [5, 5.41) is 3.86. The molecule has 5 heteroatoms. The molecule has 1 aromatic rings. The lowest BCUT2D eigenvalue weighted by Crippen LogP contribution is -2.08. The summed E-state index contributed by atoms with van der Waals surface area (Å²) in [5.74, 6) is 0.422. The Morgan fingerprint density at radius 3 is 2.93 bits per heavy atom. The lowest BCUT2D eigenvalue weighted by molar-refractivity contribution is 0.0828. The molecule has 0 spiro atoms. The zero-order valence-electron chi connectivity index (χ0n) is 8.19. The third-order valence-electron chi connectivity index (χ3n) is 2.07. The standard InChI is InChI=1S/C9H12N4O/c1-5-3-7(14-13-5)8-9(10)11-4-6(2)12-8/h4,7H,3H2,1-2H3,(H2,10,11). The fourth-order valence-corrected chi connectivity index (χ4v) is 1.39. The lowest BCUT2D eigenvalue weighted by atomic mass is 10.1. The third-order valence-corrected chi connectivity index (χ3v) is 2.07. The van der Waals surface area contributed by atoms with Crippen LogP contribution in [0.3, 0.4) is 0 Å². The van der Waals surface area contributed by atoms with Crippen molar-refractivity contribution in [2.24, 2.45) is 5.16 Å². The van der Waals surface area contributed by atoms with E-state index in [-0.39, 0.29) is 6.10 Å². The number of hydrogen-bond donors (Lipinski definition) is 1. The molecule has 14 heavy (non-hydrogen) atoms. The van der Waals surface area contributed by atoms with Crippen molar-refractivity contribution in [3.05, 3.63) is 17.6 Å². The zero-order chi connectivity index (χ0) is 10.1. The van der Waals surface area contributed by atoms with Gasteiger partial charge in [-0.1, -0.05) is 5.16 Å². The summed E-state index contributed by atoms with van der Waals surface area (Å²) in [5.41, 5.74) is 8.19. The second-order valence-electron chi connectivity index (χ2n) is 3.41. The molecule has 1 aromatic heterocycles. The van der Waals surface area contributed by atoms with E-state index in [2.05, 4.69) is 15.1 Å². The largest absolute Gasteiger partial charge is 0.385 e. The minimum Gasteiger partial charge on any atom is -0.385 e. The Balaban J connectivity index is 2.28. The fraction of sp³-hybridized carbons (Fsp3) is 0.444. The van der Waals surface area contributed by atoms with Crippen molar-refractivity contribution in [2.45, 2.75) is 26.4 Å². The summed E-state index contributed by atoms with van der Waals surface area (Å²) in [4.78, 5) is 13.5. The SMILES string of the molecule is CC1=NOC(c2nc(C)cnc2N)C1. The summed E-state index contributed by atoms with van der Waals surface area (Å²) in [7, 11) is 0. The number of nitrogen functional groups attached to an aromatic ring is 1. The summed E-state index contributed by atoms with van der Waals surface area (Å²) in [6.07, 6.45) is 2.21. The van der Waals surface area contributed by atoms with Crippen molar-refractivity contribution in [1.82, 2.24) is 9.97 Å². The molecule has 2 heterocycles. The quantitative estimate of drug-likeness (QED) is 0.725. The van der Waals surface area contributed by atoms with Crippen LogP contribution >= 0.6 is 0 Å². The van der Waals surface area contributed by atoms with E-state index in [1.807, 2.05) is 13.8 Å². The maximum Gasteiger partial charge on any atom is 0.178 e. The van der Waals surface area contributed by atoms with Gasteiger partial charge >= 0.3 is 0 Å². The zero-order valence-corrected chi connectivity index (χ0v) is 8.19. The van der Waals surface area contributed by atoms with Crippen LogP contribution in [0.2, 0.25) is 0 Å². The molecule has 1 unspecified atom stereocenters. The van der Waals surface area contributed by atoms with Gasteiger partial charge in [0.05, 0.1) is 17.6 Å². The maximum atomic E-state index is 5.71. The first kappa shape index (κ1) is 8.93. The molecular weight excluding hydrogens is 180 g/mol. The highest BCUT2D eigenvalue weighted by atomic mass is 16.6. The molecule has 0 fully saturated rings. The van der Waals surface area contributed by atoms with Gasteiger partial charge in [-0.3, -0.25) is 0 Å². The number of hydrogen-bond acceptors (Lipinski definition) is 5. The lowest BCUT2D eigenvalue weighted by Gasteiger charge is -2.09. The molecule has 1 atom stereocenters. The van der Waals surface area contributed by atoms with Gasteiger partial charge in [0.2, 0.25) is 0 Å². The molecule has 74 valence electrons. The molecule has 2 N–H and O–H groups in total. The van der Waals surface area contributed by atoms with Crippen molar-refractivity contribution in [2.75, 3.05) is 5.73 Å². The van der Waals surface area contributed by atoms with Gasteiger partial charge in [-0.2, -0.15) is 0 Å². The van der Waals surface area contributed by atoms with E-state index in [4.69, 9.17) is 10.6 Å². The molecule has 0 bridgehead atoms. The fourth-order valence-electron chi connectivity index (χ4n) is 1.39. The van der Waals surface area contributed by atoms with Crippen molar-refractivity contribution in [1.29, 1.82) is 0 Å². The number of oxime groups is 1. The molecular formula is C9H12N4O. The topological polar surface area (TPSA) is 73.4 Å². The highest BCUT2D eigenvalue weighted by Gasteiger charge is 2.24. The first-order chi connectivity index (χ1) is 6.66. The van der Waals surface area contributed by atoms with Crippen LogP contribution in [-0.2, 0) is 4.84 Å². The first-order valence-corrected chi connectivity index (χ1v) is 4.45. The van der Waals surface area contributed by atoms with Crippen molar-refractivity contribution in [3.8, 4) is 0 Å². The second kappa shape index (κ2) is 3.25. The Morgan fingerprint density at radius 2 is 2.29 bits per heavy atom. The van der Waals surface area contributed by atoms with Crippen molar-refractivity contribution < 1.29 is 4.84 Å². The van der Waals surface area contributed by atoms with Crippen molar-refractivity contribution in [3.63, 3.8) is 0 Å². The van der Waals surface area contributed by atoms with Gasteiger partial charge in [0.25, 0.3) is 0 Å². The molecule has 0 aliphatic carbocycles. The Hall–Kier alpha value is -1.65. The number of rotatable bonds is 1. The summed E-state index contributed by atoms with van der Waals surface area (Å²) < 4.78 is 0. The van der Waals surface area contributed by atoms with E-state index < -0.39 is 0 Å². The Kier molecular flexibility index (Phi) is 2.07. The average molecular weight is 192 g/mol. The van der Waals surface area contributed by atoms with Crippen LogP contribution in [0.5, 0.6) is 0 Å². The van der Waals surface area contributed by atoms with E-state index in [1.165, 1.54) is 0 Å². The molecule has 0 radical (unpaired) electrons.